The maximum Gasteiger partial charge on any atom is 0.159 e. The Morgan fingerprint density at radius 3 is 2.91 bits per heavy atom. The van der Waals surface area contributed by atoms with Crippen molar-refractivity contribution in [1.82, 2.24) is 4.90 Å². The third-order valence-electron chi connectivity index (χ3n) is 3.83. The normalized spacial score (nSPS) is 21.0. The van der Waals surface area contributed by atoms with Crippen LogP contribution >= 0.6 is 11.3 Å². The van der Waals surface area contributed by atoms with Gasteiger partial charge in [0.25, 0.3) is 0 Å². The van der Waals surface area contributed by atoms with E-state index in [0.717, 1.165) is 17.7 Å². The van der Waals surface area contributed by atoms with Gasteiger partial charge in [0.1, 0.15) is 0 Å². The fourth-order valence-electron chi connectivity index (χ4n) is 2.60. The standard InChI is InChI=1S/C16H17F2NO2S/c17-13-2-1-11(7-14(13)18)15(20)8-19-4-5-21-16(9-19)12-3-6-22-10-12/h1-3,6-7,10,15-16,20H,4-5,8-9H2. The molecule has 2 heterocycles. The minimum absolute atomic E-state index is 0.00264. The Kier molecular flexibility index (Phi) is 4.83. The highest BCUT2D eigenvalue weighted by molar-refractivity contribution is 7.07. The zero-order chi connectivity index (χ0) is 15.5. The van der Waals surface area contributed by atoms with E-state index >= 15 is 0 Å². The number of β-amino-alcohol motifs (C(OH)–C–C–N with tert-alkyl or cyclic N) is 1. The Bertz CT molecular complexity index is 621. The molecule has 2 aromatic rings. The quantitative estimate of drug-likeness (QED) is 0.937. The summed E-state index contributed by atoms with van der Waals surface area (Å²) in [7, 11) is 0. The van der Waals surface area contributed by atoms with Crippen LogP contribution in [0.1, 0.15) is 23.3 Å². The van der Waals surface area contributed by atoms with Crippen LogP contribution in [0.3, 0.4) is 0 Å². The van der Waals surface area contributed by atoms with E-state index in [1.54, 1.807) is 11.3 Å². The van der Waals surface area contributed by atoms with Crippen molar-refractivity contribution in [2.75, 3.05) is 26.2 Å². The lowest BCUT2D eigenvalue weighted by Crippen LogP contribution is -2.40. The average molecular weight is 325 g/mol. The smallest absolute Gasteiger partial charge is 0.159 e. The van der Waals surface area contributed by atoms with Crippen LogP contribution in [0.15, 0.2) is 35.0 Å². The molecule has 1 N–H and O–H groups in total. The molecule has 0 spiro atoms. The second-order valence-electron chi connectivity index (χ2n) is 5.37. The molecule has 3 nitrogen and oxygen atoms in total. The van der Waals surface area contributed by atoms with E-state index in [9.17, 15) is 13.9 Å². The molecule has 22 heavy (non-hydrogen) atoms. The maximum absolute atomic E-state index is 13.2. The lowest BCUT2D eigenvalue weighted by Gasteiger charge is -2.34. The molecule has 0 amide bonds. The summed E-state index contributed by atoms with van der Waals surface area (Å²) in [5.41, 5.74) is 1.52. The Labute approximate surface area is 131 Å². The Morgan fingerprint density at radius 2 is 2.18 bits per heavy atom. The molecule has 118 valence electrons. The SMILES string of the molecule is OC(CN1CCOC(c2ccsc2)C1)c1ccc(F)c(F)c1. The molecule has 1 aliphatic rings. The topological polar surface area (TPSA) is 32.7 Å². The van der Waals surface area contributed by atoms with Gasteiger partial charge in [0, 0.05) is 19.6 Å². The van der Waals surface area contributed by atoms with Crippen LogP contribution < -0.4 is 0 Å². The summed E-state index contributed by atoms with van der Waals surface area (Å²) in [4.78, 5) is 2.08. The molecule has 1 saturated heterocycles. The van der Waals surface area contributed by atoms with E-state index in [4.69, 9.17) is 4.74 Å². The molecule has 3 rings (SSSR count). The van der Waals surface area contributed by atoms with Crippen LogP contribution in [0, 0.1) is 11.6 Å². The van der Waals surface area contributed by atoms with Gasteiger partial charge >= 0.3 is 0 Å². The molecule has 1 aliphatic heterocycles. The summed E-state index contributed by atoms with van der Waals surface area (Å²) in [6, 6.07) is 5.54. The summed E-state index contributed by atoms with van der Waals surface area (Å²) in [6.45, 7) is 2.35. The van der Waals surface area contributed by atoms with Crippen LogP contribution in [-0.4, -0.2) is 36.2 Å². The Morgan fingerprint density at radius 1 is 1.32 bits per heavy atom. The fourth-order valence-corrected chi connectivity index (χ4v) is 3.30. The van der Waals surface area contributed by atoms with Gasteiger partial charge in [0.15, 0.2) is 11.6 Å². The predicted molar refractivity (Wildman–Crippen MR) is 80.8 cm³/mol. The van der Waals surface area contributed by atoms with Gasteiger partial charge < -0.3 is 9.84 Å². The molecule has 2 unspecified atom stereocenters. The average Bonchev–Trinajstić information content (AvgIpc) is 3.04. The van der Waals surface area contributed by atoms with Gasteiger partial charge in [-0.25, -0.2) is 8.78 Å². The predicted octanol–water partition coefficient (Wildman–Crippen LogP) is 3.13. The molecule has 1 aromatic carbocycles. The fraction of sp³-hybridized carbons (Fsp3) is 0.375. The van der Waals surface area contributed by atoms with Crippen molar-refractivity contribution in [3.8, 4) is 0 Å². The summed E-state index contributed by atoms with van der Waals surface area (Å²) in [6.07, 6.45) is -0.853. The number of morpholine rings is 1. The molecule has 2 atom stereocenters. The van der Waals surface area contributed by atoms with Crippen LogP contribution in [0.4, 0.5) is 8.78 Å². The second-order valence-corrected chi connectivity index (χ2v) is 6.15. The van der Waals surface area contributed by atoms with E-state index in [2.05, 4.69) is 10.3 Å². The third kappa shape index (κ3) is 3.52. The van der Waals surface area contributed by atoms with Gasteiger partial charge in [-0.2, -0.15) is 11.3 Å². The molecular formula is C16H17F2NO2S. The highest BCUT2D eigenvalue weighted by Gasteiger charge is 2.24. The van der Waals surface area contributed by atoms with Crippen molar-refractivity contribution in [3.05, 3.63) is 57.8 Å². The highest BCUT2D eigenvalue weighted by Crippen LogP contribution is 2.26. The zero-order valence-corrected chi connectivity index (χ0v) is 12.7. The van der Waals surface area contributed by atoms with E-state index in [-0.39, 0.29) is 6.10 Å². The monoisotopic (exact) mass is 325 g/mol. The van der Waals surface area contributed by atoms with Crippen molar-refractivity contribution < 1.29 is 18.6 Å². The third-order valence-corrected chi connectivity index (χ3v) is 4.53. The van der Waals surface area contributed by atoms with Crippen molar-refractivity contribution in [3.63, 3.8) is 0 Å². The van der Waals surface area contributed by atoms with Crippen LogP contribution in [0.5, 0.6) is 0 Å². The second kappa shape index (κ2) is 6.83. The highest BCUT2D eigenvalue weighted by atomic mass is 32.1. The Hall–Kier alpha value is -1.34. The molecule has 0 saturated carbocycles. The van der Waals surface area contributed by atoms with Gasteiger partial charge in [0.2, 0.25) is 0 Å². The summed E-state index contributed by atoms with van der Waals surface area (Å²) < 4.78 is 31.9. The number of aliphatic hydroxyl groups excluding tert-OH is 1. The number of rotatable bonds is 4. The molecule has 1 aromatic heterocycles. The number of benzene rings is 1. The lowest BCUT2D eigenvalue weighted by atomic mass is 10.1. The van der Waals surface area contributed by atoms with Gasteiger partial charge in [0.05, 0.1) is 18.8 Å². The molecule has 0 bridgehead atoms. The number of ether oxygens (including phenoxy) is 1. The van der Waals surface area contributed by atoms with E-state index < -0.39 is 17.7 Å². The van der Waals surface area contributed by atoms with E-state index in [1.165, 1.54) is 6.07 Å². The minimum Gasteiger partial charge on any atom is -0.387 e. The number of hydrogen-bond donors (Lipinski definition) is 1. The maximum atomic E-state index is 13.2. The zero-order valence-electron chi connectivity index (χ0n) is 11.9. The van der Waals surface area contributed by atoms with Crippen LogP contribution in [-0.2, 0) is 4.74 Å². The number of halogens is 2. The van der Waals surface area contributed by atoms with E-state index in [1.807, 2.05) is 11.4 Å². The number of aliphatic hydroxyl groups is 1. The largest absolute Gasteiger partial charge is 0.387 e. The molecule has 1 fully saturated rings. The van der Waals surface area contributed by atoms with Crippen LogP contribution in [0.2, 0.25) is 0 Å². The first-order chi connectivity index (χ1) is 10.6. The molecule has 6 heteroatoms. The van der Waals surface area contributed by atoms with Gasteiger partial charge in [-0.15, -0.1) is 0 Å². The summed E-state index contributed by atoms with van der Waals surface area (Å²) in [5, 5.41) is 14.3. The van der Waals surface area contributed by atoms with Gasteiger partial charge in [-0.3, -0.25) is 4.90 Å². The number of hydrogen-bond acceptors (Lipinski definition) is 4. The van der Waals surface area contributed by atoms with Crippen molar-refractivity contribution in [2.45, 2.75) is 12.2 Å². The van der Waals surface area contributed by atoms with E-state index in [0.29, 0.717) is 31.8 Å². The molecule has 0 aliphatic carbocycles. The molecular weight excluding hydrogens is 308 g/mol. The first-order valence-corrected chi connectivity index (χ1v) is 8.07. The first-order valence-electron chi connectivity index (χ1n) is 7.12. The first kappa shape index (κ1) is 15.6. The lowest BCUT2D eigenvalue weighted by molar-refractivity contribution is -0.0422. The summed E-state index contributed by atoms with van der Waals surface area (Å²) in [5.74, 6) is -1.84. The minimum atomic E-state index is -0.935. The number of thiophene rings is 1. The van der Waals surface area contributed by atoms with Gasteiger partial charge in [-0.05, 0) is 40.1 Å². The molecule has 0 radical (unpaired) electrons. The van der Waals surface area contributed by atoms with Crippen molar-refractivity contribution in [1.29, 1.82) is 0 Å². The van der Waals surface area contributed by atoms with Gasteiger partial charge in [-0.1, -0.05) is 6.07 Å². The van der Waals surface area contributed by atoms with Crippen molar-refractivity contribution in [2.24, 2.45) is 0 Å². The summed E-state index contributed by atoms with van der Waals surface area (Å²) >= 11 is 1.62. The van der Waals surface area contributed by atoms with Crippen molar-refractivity contribution >= 4 is 11.3 Å². The Balaban J connectivity index is 1.63. The number of nitrogens with zero attached hydrogens (tertiary/aromatic N) is 1. The van der Waals surface area contributed by atoms with Crippen LogP contribution in [0.25, 0.3) is 0 Å².